The Morgan fingerprint density at radius 2 is 2.26 bits per heavy atom. The van der Waals surface area contributed by atoms with Gasteiger partial charge in [-0.1, -0.05) is 6.92 Å². The number of amides is 1. The van der Waals surface area contributed by atoms with Gasteiger partial charge in [0, 0.05) is 0 Å². The van der Waals surface area contributed by atoms with Gasteiger partial charge in [-0.3, -0.25) is 19.6 Å². The second kappa shape index (κ2) is 5.46. The van der Waals surface area contributed by atoms with Crippen LogP contribution in [0.5, 0.6) is 0 Å². The van der Waals surface area contributed by atoms with E-state index in [2.05, 4.69) is 10.4 Å². The summed E-state index contributed by atoms with van der Waals surface area (Å²) in [5.74, 6) is -1.72. The van der Waals surface area contributed by atoms with Crippen LogP contribution in [0.3, 0.4) is 0 Å². The molecule has 1 aromatic rings. The Kier molecular flexibility index (Phi) is 4.20. The first-order valence-electron chi connectivity index (χ1n) is 5.49. The molecule has 19 heavy (non-hydrogen) atoms. The molecule has 0 bridgehead atoms. The van der Waals surface area contributed by atoms with Crippen LogP contribution in [-0.2, 0) is 16.1 Å². The number of nitrogens with zero attached hydrogens (tertiary/aromatic N) is 3. The van der Waals surface area contributed by atoms with Crippen LogP contribution in [0.15, 0.2) is 12.4 Å². The lowest BCUT2D eigenvalue weighted by atomic mass is 9.99. The van der Waals surface area contributed by atoms with Crippen LogP contribution < -0.4 is 5.32 Å². The monoisotopic (exact) mass is 270 g/mol. The Bertz CT molecular complexity index is 512. The van der Waals surface area contributed by atoms with E-state index in [0.29, 0.717) is 0 Å². The van der Waals surface area contributed by atoms with E-state index >= 15 is 0 Å². The highest BCUT2D eigenvalue weighted by Crippen LogP contribution is 2.10. The summed E-state index contributed by atoms with van der Waals surface area (Å²) < 4.78 is 1.07. The van der Waals surface area contributed by atoms with Crippen molar-refractivity contribution in [3.8, 4) is 0 Å². The average Bonchev–Trinajstić information content (AvgIpc) is 2.76. The van der Waals surface area contributed by atoms with Gasteiger partial charge >= 0.3 is 11.7 Å². The van der Waals surface area contributed by atoms with Crippen molar-refractivity contribution in [1.82, 2.24) is 15.1 Å². The van der Waals surface area contributed by atoms with Crippen molar-refractivity contribution in [1.29, 1.82) is 0 Å². The highest BCUT2D eigenvalue weighted by Gasteiger charge is 2.32. The molecule has 1 heterocycles. The molecule has 1 rings (SSSR count). The van der Waals surface area contributed by atoms with Gasteiger partial charge in [-0.15, -0.1) is 0 Å². The van der Waals surface area contributed by atoms with Crippen LogP contribution in [-0.4, -0.2) is 37.2 Å². The molecule has 2 N–H and O–H groups in total. The molecule has 0 saturated heterocycles. The fraction of sp³-hybridized carbons (Fsp3) is 0.500. The smallest absolute Gasteiger partial charge is 0.329 e. The van der Waals surface area contributed by atoms with Crippen molar-refractivity contribution in [3.05, 3.63) is 22.5 Å². The van der Waals surface area contributed by atoms with E-state index in [-0.39, 0.29) is 18.7 Å². The molecule has 0 aliphatic heterocycles. The largest absolute Gasteiger partial charge is 0.480 e. The molecule has 1 amide bonds. The van der Waals surface area contributed by atoms with Gasteiger partial charge in [0.15, 0.2) is 0 Å². The second-order valence-electron chi connectivity index (χ2n) is 4.19. The lowest BCUT2D eigenvalue weighted by molar-refractivity contribution is -0.385. The molecule has 1 aromatic heterocycles. The van der Waals surface area contributed by atoms with E-state index in [0.717, 1.165) is 17.1 Å². The van der Waals surface area contributed by atoms with Gasteiger partial charge < -0.3 is 10.4 Å². The van der Waals surface area contributed by atoms with Crippen LogP contribution in [0, 0.1) is 10.1 Å². The quantitative estimate of drug-likeness (QED) is 0.560. The Balaban J connectivity index is 2.69. The van der Waals surface area contributed by atoms with E-state index < -0.39 is 22.3 Å². The SMILES string of the molecule is CCC(C)(NC(=O)Cn1cc([N+](=O)[O-])cn1)C(=O)O. The maximum absolute atomic E-state index is 11.7. The maximum Gasteiger partial charge on any atom is 0.329 e. The first-order valence-corrected chi connectivity index (χ1v) is 5.49. The van der Waals surface area contributed by atoms with E-state index in [1.807, 2.05) is 0 Å². The third-order valence-corrected chi connectivity index (χ3v) is 2.73. The predicted molar refractivity (Wildman–Crippen MR) is 63.4 cm³/mol. The van der Waals surface area contributed by atoms with Crippen LogP contribution in [0.1, 0.15) is 20.3 Å². The van der Waals surface area contributed by atoms with Crippen LogP contribution >= 0.6 is 0 Å². The zero-order chi connectivity index (χ0) is 14.6. The number of aliphatic carboxylic acids is 1. The molecular weight excluding hydrogens is 256 g/mol. The summed E-state index contributed by atoms with van der Waals surface area (Å²) in [6.07, 6.45) is 2.33. The van der Waals surface area contributed by atoms with Crippen LogP contribution in [0.2, 0.25) is 0 Å². The summed E-state index contributed by atoms with van der Waals surface area (Å²) >= 11 is 0. The van der Waals surface area contributed by atoms with Crippen molar-refractivity contribution in [2.75, 3.05) is 0 Å². The highest BCUT2D eigenvalue weighted by atomic mass is 16.6. The van der Waals surface area contributed by atoms with Gasteiger partial charge in [0.05, 0.1) is 4.92 Å². The fourth-order valence-electron chi connectivity index (χ4n) is 1.32. The molecule has 1 unspecified atom stereocenters. The van der Waals surface area contributed by atoms with Crippen molar-refractivity contribution in [3.63, 3.8) is 0 Å². The zero-order valence-corrected chi connectivity index (χ0v) is 10.5. The first kappa shape index (κ1) is 14.6. The van der Waals surface area contributed by atoms with Gasteiger partial charge in [0.2, 0.25) is 5.91 Å². The molecule has 9 nitrogen and oxygen atoms in total. The van der Waals surface area contributed by atoms with E-state index in [1.54, 1.807) is 6.92 Å². The summed E-state index contributed by atoms with van der Waals surface area (Å²) in [5, 5.41) is 25.4. The van der Waals surface area contributed by atoms with Gasteiger partial charge in [-0.2, -0.15) is 5.10 Å². The molecule has 9 heteroatoms. The van der Waals surface area contributed by atoms with Crippen LogP contribution in [0.4, 0.5) is 5.69 Å². The number of aromatic nitrogens is 2. The molecule has 0 saturated carbocycles. The molecule has 0 aliphatic rings. The van der Waals surface area contributed by atoms with Crippen molar-refractivity contribution < 1.29 is 19.6 Å². The van der Waals surface area contributed by atoms with E-state index in [9.17, 15) is 19.7 Å². The Morgan fingerprint density at radius 1 is 1.63 bits per heavy atom. The van der Waals surface area contributed by atoms with Crippen LogP contribution in [0.25, 0.3) is 0 Å². The molecule has 0 spiro atoms. The fourth-order valence-corrected chi connectivity index (χ4v) is 1.32. The van der Waals surface area contributed by atoms with Crippen molar-refractivity contribution in [2.24, 2.45) is 0 Å². The molecule has 1 atom stereocenters. The number of nitrogens with one attached hydrogen (secondary N) is 1. The molecule has 104 valence electrons. The number of nitro groups is 1. The van der Waals surface area contributed by atoms with E-state index in [4.69, 9.17) is 5.11 Å². The summed E-state index contributed by atoms with van der Waals surface area (Å²) in [5.41, 5.74) is -1.60. The van der Waals surface area contributed by atoms with Crippen molar-refractivity contribution >= 4 is 17.6 Å². The lowest BCUT2D eigenvalue weighted by Gasteiger charge is -2.24. The third-order valence-electron chi connectivity index (χ3n) is 2.73. The number of carboxylic acid groups (broad SMARTS) is 1. The third kappa shape index (κ3) is 3.50. The minimum absolute atomic E-state index is 0.216. The zero-order valence-electron chi connectivity index (χ0n) is 10.5. The maximum atomic E-state index is 11.7. The topological polar surface area (TPSA) is 127 Å². The number of hydrogen-bond donors (Lipinski definition) is 2. The van der Waals surface area contributed by atoms with E-state index in [1.165, 1.54) is 6.92 Å². The summed E-state index contributed by atoms with van der Waals surface area (Å²) in [6.45, 7) is 2.74. The van der Waals surface area contributed by atoms with Gasteiger partial charge in [-0.05, 0) is 13.3 Å². The average molecular weight is 270 g/mol. The number of carbonyl (C=O) groups is 2. The number of carbonyl (C=O) groups excluding carboxylic acids is 1. The Hall–Kier alpha value is -2.45. The minimum Gasteiger partial charge on any atom is -0.480 e. The summed E-state index contributed by atoms with van der Waals surface area (Å²) in [7, 11) is 0. The molecule has 0 aliphatic carbocycles. The Labute approximate surface area is 108 Å². The molecule has 0 fully saturated rings. The number of hydrogen-bond acceptors (Lipinski definition) is 5. The highest BCUT2D eigenvalue weighted by molar-refractivity contribution is 5.86. The minimum atomic E-state index is -1.36. The molecule has 0 radical (unpaired) electrons. The standard InChI is InChI=1S/C10H14N4O5/c1-3-10(2,9(16)17)12-8(15)6-13-5-7(4-11-13)14(18)19/h4-5H,3,6H2,1-2H3,(H,12,15)(H,16,17). The molecular formula is C10H14N4O5. The number of carboxylic acids is 1. The molecule has 0 aromatic carbocycles. The Morgan fingerprint density at radius 3 is 2.68 bits per heavy atom. The number of rotatable bonds is 6. The normalized spacial score (nSPS) is 13.6. The van der Waals surface area contributed by atoms with Gasteiger partial charge in [0.1, 0.15) is 24.5 Å². The second-order valence-corrected chi connectivity index (χ2v) is 4.19. The lowest BCUT2D eigenvalue weighted by Crippen LogP contribution is -2.52. The summed E-state index contributed by atoms with van der Waals surface area (Å²) in [4.78, 5) is 32.5. The van der Waals surface area contributed by atoms with Crippen molar-refractivity contribution in [2.45, 2.75) is 32.4 Å². The predicted octanol–water partition coefficient (Wildman–Crippen LogP) is 0.161. The van der Waals surface area contributed by atoms with Gasteiger partial charge in [-0.25, -0.2) is 4.79 Å². The first-order chi connectivity index (χ1) is 8.78. The van der Waals surface area contributed by atoms with Gasteiger partial charge in [0.25, 0.3) is 0 Å². The summed E-state index contributed by atoms with van der Waals surface area (Å²) in [6, 6.07) is 0.